The highest BCUT2D eigenvalue weighted by atomic mass is 16.2. The van der Waals surface area contributed by atoms with Crippen molar-refractivity contribution in [2.24, 2.45) is 0 Å². The van der Waals surface area contributed by atoms with Crippen LogP contribution in [0.4, 0.5) is 11.6 Å². The number of hydrogen-bond donors (Lipinski definition) is 0. The molecule has 1 amide bonds. The minimum absolute atomic E-state index is 0.0397. The van der Waals surface area contributed by atoms with Crippen molar-refractivity contribution in [2.45, 2.75) is 13.8 Å². The van der Waals surface area contributed by atoms with Crippen molar-refractivity contribution in [2.75, 3.05) is 69.2 Å². The van der Waals surface area contributed by atoms with Gasteiger partial charge in [0.2, 0.25) is 0 Å². The zero-order valence-electron chi connectivity index (χ0n) is 19.0. The van der Waals surface area contributed by atoms with Gasteiger partial charge in [0.05, 0.1) is 5.69 Å². The Labute approximate surface area is 188 Å². The van der Waals surface area contributed by atoms with Crippen molar-refractivity contribution in [3.8, 4) is 0 Å². The van der Waals surface area contributed by atoms with Crippen LogP contribution in [0.2, 0.25) is 0 Å². The van der Waals surface area contributed by atoms with Gasteiger partial charge in [-0.2, -0.15) is 0 Å². The smallest absolute Gasteiger partial charge is 0.272 e. The van der Waals surface area contributed by atoms with Crippen LogP contribution in [0, 0.1) is 13.8 Å². The van der Waals surface area contributed by atoms with Crippen molar-refractivity contribution in [3.05, 3.63) is 47.7 Å². The second-order valence-corrected chi connectivity index (χ2v) is 8.68. The highest BCUT2D eigenvalue weighted by Gasteiger charge is 2.27. The van der Waals surface area contributed by atoms with E-state index in [0.717, 1.165) is 68.1 Å². The molecule has 168 valence electrons. The lowest BCUT2D eigenvalue weighted by Gasteiger charge is -2.36. The van der Waals surface area contributed by atoms with Gasteiger partial charge in [-0.25, -0.2) is 15.0 Å². The number of aryl methyl sites for hydroxylation is 2. The van der Waals surface area contributed by atoms with E-state index in [2.05, 4.69) is 37.8 Å². The number of rotatable bonds is 3. The minimum Gasteiger partial charge on any atom is -0.354 e. The number of carbonyl (C=O) groups is 1. The number of imidazole rings is 1. The first kappa shape index (κ1) is 20.7. The lowest BCUT2D eigenvalue weighted by molar-refractivity contribution is 0.0738. The van der Waals surface area contributed by atoms with Crippen LogP contribution in [0.5, 0.6) is 0 Å². The van der Waals surface area contributed by atoms with E-state index in [9.17, 15) is 4.79 Å². The van der Waals surface area contributed by atoms with Gasteiger partial charge in [-0.15, -0.1) is 0 Å². The maximum Gasteiger partial charge on any atom is 0.272 e. The van der Waals surface area contributed by atoms with E-state index in [1.165, 1.54) is 0 Å². The Morgan fingerprint density at radius 2 is 1.47 bits per heavy atom. The number of pyridine rings is 1. The van der Waals surface area contributed by atoms with Gasteiger partial charge in [-0.05, 0) is 33.0 Å². The van der Waals surface area contributed by atoms with Gasteiger partial charge in [0, 0.05) is 64.6 Å². The molecule has 3 aromatic rings. The van der Waals surface area contributed by atoms with Crippen LogP contribution in [0.3, 0.4) is 0 Å². The summed E-state index contributed by atoms with van der Waals surface area (Å²) in [6.07, 6.45) is 1.91. The first-order valence-electron chi connectivity index (χ1n) is 11.3. The number of fused-ring (bicyclic) bond motifs is 1. The fraction of sp³-hybridized carbons (Fsp3) is 0.478. The quantitative estimate of drug-likeness (QED) is 0.618. The predicted octanol–water partition coefficient (Wildman–Crippen LogP) is 1.46. The van der Waals surface area contributed by atoms with Gasteiger partial charge >= 0.3 is 0 Å². The average Bonchev–Trinajstić information content (AvgIpc) is 3.14. The molecule has 0 radical (unpaired) electrons. The first-order valence-corrected chi connectivity index (χ1v) is 11.3. The molecule has 2 fully saturated rings. The molecule has 0 saturated carbocycles. The van der Waals surface area contributed by atoms with E-state index < -0.39 is 0 Å². The third-order valence-corrected chi connectivity index (χ3v) is 6.44. The molecule has 9 nitrogen and oxygen atoms in total. The largest absolute Gasteiger partial charge is 0.354 e. The number of piperazine rings is 2. The standard InChI is InChI=1S/C23H30N8O/c1-17-22(31-7-5-4-6-19(31)24-17)23(32)30-14-12-29(13-15-30)21-16-20(25-18(2)26-21)28-10-8-27(3)9-11-28/h4-7,16H,8-15H2,1-3H3. The molecule has 2 saturated heterocycles. The molecule has 5 rings (SSSR count). The molecule has 0 N–H and O–H groups in total. The normalized spacial score (nSPS) is 17.9. The Hall–Kier alpha value is -3.20. The van der Waals surface area contributed by atoms with Gasteiger partial charge in [-0.1, -0.05) is 6.07 Å². The molecule has 2 aliphatic heterocycles. The highest BCUT2D eigenvalue weighted by molar-refractivity contribution is 5.94. The molecule has 5 heterocycles. The Morgan fingerprint density at radius 1 is 0.844 bits per heavy atom. The van der Waals surface area contributed by atoms with Crippen LogP contribution < -0.4 is 9.80 Å². The Bertz CT molecular complexity index is 1130. The fourth-order valence-electron chi connectivity index (χ4n) is 4.56. The molecule has 0 unspecified atom stereocenters. The zero-order valence-corrected chi connectivity index (χ0v) is 19.0. The second-order valence-electron chi connectivity index (χ2n) is 8.68. The summed E-state index contributed by atoms with van der Waals surface area (Å²) in [4.78, 5) is 36.1. The van der Waals surface area contributed by atoms with E-state index in [1.807, 2.05) is 47.5 Å². The number of anilines is 2. The molecule has 0 spiro atoms. The van der Waals surface area contributed by atoms with Gasteiger partial charge in [0.15, 0.2) is 0 Å². The summed E-state index contributed by atoms with van der Waals surface area (Å²) in [5.41, 5.74) is 2.23. The maximum atomic E-state index is 13.3. The SMILES string of the molecule is Cc1nc(N2CCN(C)CC2)cc(N2CCN(C(=O)c3c(C)nc4ccccn34)CC2)n1. The van der Waals surface area contributed by atoms with E-state index in [4.69, 9.17) is 4.98 Å². The van der Waals surface area contributed by atoms with Crippen LogP contribution in [-0.2, 0) is 0 Å². The third-order valence-electron chi connectivity index (χ3n) is 6.44. The summed E-state index contributed by atoms with van der Waals surface area (Å²) < 4.78 is 1.89. The monoisotopic (exact) mass is 434 g/mol. The van der Waals surface area contributed by atoms with Crippen molar-refractivity contribution in [1.29, 1.82) is 0 Å². The number of nitrogens with zero attached hydrogens (tertiary/aromatic N) is 8. The Balaban J connectivity index is 1.29. The number of hydrogen-bond acceptors (Lipinski definition) is 7. The molecular weight excluding hydrogens is 404 g/mol. The maximum absolute atomic E-state index is 13.3. The van der Waals surface area contributed by atoms with Gasteiger partial charge in [0.1, 0.15) is 28.8 Å². The summed E-state index contributed by atoms with van der Waals surface area (Å²) in [5, 5.41) is 0. The Kier molecular flexibility index (Phi) is 5.42. The van der Waals surface area contributed by atoms with Crippen LogP contribution in [0.25, 0.3) is 5.65 Å². The molecule has 0 bridgehead atoms. The van der Waals surface area contributed by atoms with E-state index in [0.29, 0.717) is 18.8 Å². The van der Waals surface area contributed by atoms with Crippen LogP contribution >= 0.6 is 0 Å². The number of aromatic nitrogens is 4. The molecule has 0 atom stereocenters. The van der Waals surface area contributed by atoms with Crippen molar-refractivity contribution in [3.63, 3.8) is 0 Å². The summed E-state index contributed by atoms with van der Waals surface area (Å²) in [5.74, 6) is 2.78. The van der Waals surface area contributed by atoms with E-state index >= 15 is 0 Å². The molecular formula is C23H30N8O. The topological polar surface area (TPSA) is 73.1 Å². The molecule has 0 aromatic carbocycles. The van der Waals surface area contributed by atoms with Crippen LogP contribution in [-0.4, -0.2) is 94.5 Å². The van der Waals surface area contributed by atoms with Gasteiger partial charge in [0.25, 0.3) is 5.91 Å². The van der Waals surface area contributed by atoms with Crippen molar-refractivity contribution < 1.29 is 4.79 Å². The number of carbonyl (C=O) groups excluding carboxylic acids is 1. The summed E-state index contributed by atoms with van der Waals surface area (Å²) in [6, 6.07) is 7.90. The van der Waals surface area contributed by atoms with Crippen molar-refractivity contribution in [1.82, 2.24) is 29.2 Å². The van der Waals surface area contributed by atoms with E-state index in [-0.39, 0.29) is 5.91 Å². The average molecular weight is 435 g/mol. The fourth-order valence-corrected chi connectivity index (χ4v) is 4.56. The molecule has 2 aliphatic rings. The second kappa shape index (κ2) is 8.38. The summed E-state index contributed by atoms with van der Waals surface area (Å²) in [6.45, 7) is 10.7. The molecule has 3 aromatic heterocycles. The minimum atomic E-state index is 0.0397. The summed E-state index contributed by atoms with van der Waals surface area (Å²) in [7, 11) is 2.16. The highest BCUT2D eigenvalue weighted by Crippen LogP contribution is 2.22. The molecule has 9 heteroatoms. The van der Waals surface area contributed by atoms with Crippen molar-refractivity contribution >= 4 is 23.2 Å². The lowest BCUT2D eigenvalue weighted by atomic mass is 10.2. The predicted molar refractivity (Wildman–Crippen MR) is 125 cm³/mol. The summed E-state index contributed by atoms with van der Waals surface area (Å²) >= 11 is 0. The first-order chi connectivity index (χ1) is 15.5. The molecule has 32 heavy (non-hydrogen) atoms. The van der Waals surface area contributed by atoms with Gasteiger partial charge < -0.3 is 19.6 Å². The number of amides is 1. The number of likely N-dealkylation sites (N-methyl/N-ethyl adjacent to an activating group) is 1. The zero-order chi connectivity index (χ0) is 22.2. The Morgan fingerprint density at radius 3 is 2.12 bits per heavy atom. The van der Waals surface area contributed by atoms with Gasteiger partial charge in [-0.3, -0.25) is 9.20 Å². The van der Waals surface area contributed by atoms with Crippen LogP contribution in [0.1, 0.15) is 22.0 Å². The lowest BCUT2D eigenvalue weighted by Crippen LogP contribution is -2.49. The van der Waals surface area contributed by atoms with E-state index in [1.54, 1.807) is 0 Å². The van der Waals surface area contributed by atoms with Crippen LogP contribution in [0.15, 0.2) is 30.5 Å². The third kappa shape index (κ3) is 3.88. The molecule has 0 aliphatic carbocycles.